The van der Waals surface area contributed by atoms with Crippen LogP contribution in [-0.2, 0) is 0 Å². The van der Waals surface area contributed by atoms with Crippen LogP contribution in [0, 0.1) is 5.92 Å². The Balaban J connectivity index is -0.000000186. The summed E-state index contributed by atoms with van der Waals surface area (Å²) in [6, 6.07) is 0.670. The van der Waals surface area contributed by atoms with Gasteiger partial charge >= 0.3 is 0 Å². The molecule has 76 heavy (non-hydrogen) atoms. The normalized spacial score (nSPS) is 13.3. The lowest BCUT2D eigenvalue weighted by atomic mass is 9.95. The fraction of sp³-hybridized carbons (Fsp3) is 0.929. The topological polar surface area (TPSA) is 394 Å². The molecular formula is C56H139N19O. The fourth-order valence-corrected chi connectivity index (χ4v) is 7.21. The number of nitrogens with one attached hydrogen (secondary N) is 7. The molecule has 0 bridgehead atoms. The smallest absolute Gasteiger partial charge is 0.0834 e. The predicted octanol–water partition coefficient (Wildman–Crippen LogP) is 1.15. The van der Waals surface area contributed by atoms with Gasteiger partial charge in [-0.25, -0.2) is 0 Å². The summed E-state index contributed by atoms with van der Waals surface area (Å²) in [5.74, 6) is 0.913. The summed E-state index contributed by atoms with van der Waals surface area (Å²) in [6.07, 6.45) is 30.2. The summed E-state index contributed by atoms with van der Waals surface area (Å²) in [5, 5.41) is 31.4. The van der Waals surface area contributed by atoms with Crippen molar-refractivity contribution in [2.45, 2.75) is 167 Å². The van der Waals surface area contributed by atoms with Gasteiger partial charge in [0, 0.05) is 58.4 Å². The Bertz CT molecular complexity index is 876. The number of unbranched alkanes of at least 4 members (excludes halogenated alkanes) is 10. The number of nitrogens with zero attached hydrogens (tertiary/aromatic N) is 1. The molecule has 0 amide bonds. The van der Waals surface area contributed by atoms with Gasteiger partial charge < -0.3 is 105 Å². The molecule has 0 aromatic rings. The molecule has 1 unspecified atom stereocenters. The second-order valence-electron chi connectivity index (χ2n) is 19.2. The number of aliphatic hydroxyl groups excluding tert-OH is 1. The van der Waals surface area contributed by atoms with Crippen LogP contribution in [0.4, 0.5) is 0 Å². The molecule has 2 saturated heterocycles. The average Bonchev–Trinajstić information content (AvgIpc) is 3.44. The standard InChI is InChI=1S/C11H27N3.C8H20N2.C7H19N3.C7H16N2.C7H14N2.C6H18N4.C5H12N2O.C5H13N/c12-8-5-3-1-2-4-6-10-14-11-7-9-13;1-2-7-10-8-5-3-4-6-9;8-4-1-2-6-10-7-3-5-9;8-4-1-7-2-5-9-6-3-7;1-2-9-7-3-5-8-6-4-7;7-1-4-10(5-2-8)6-3-9;1-2-7-4-5(8)3-6;1-2-3-4-5-6/h14H,1-13H2;10H,2-9H2,1H3;10H,1-9H2;7,9H,1-6,8H2;2,7-9H,1,3-6H2;1-9H2;2,5,7-8H,1,3-4,6H2;2-6H2,1H3. The lowest BCUT2D eigenvalue weighted by Gasteiger charge is -2.22. The van der Waals surface area contributed by atoms with E-state index < -0.39 is 6.10 Å². The van der Waals surface area contributed by atoms with Crippen LogP contribution in [0.3, 0.4) is 0 Å². The van der Waals surface area contributed by atoms with Crippen molar-refractivity contribution in [1.82, 2.24) is 42.1 Å². The van der Waals surface area contributed by atoms with Crippen molar-refractivity contribution in [3.8, 4) is 0 Å². The summed E-state index contributed by atoms with van der Waals surface area (Å²) in [4.78, 5) is 2.17. The molecule has 0 radical (unpaired) electrons. The Hall–Kier alpha value is -1.64. The molecule has 2 aliphatic heterocycles. The first-order chi connectivity index (χ1) is 37.2. The van der Waals surface area contributed by atoms with Crippen molar-refractivity contribution >= 4 is 0 Å². The van der Waals surface area contributed by atoms with Gasteiger partial charge in [-0.2, -0.15) is 0 Å². The third kappa shape index (κ3) is 91.8. The van der Waals surface area contributed by atoms with Gasteiger partial charge in [0.15, 0.2) is 0 Å². The summed E-state index contributed by atoms with van der Waals surface area (Å²) in [6.45, 7) is 34.0. The number of piperidine rings is 2. The largest absolute Gasteiger partial charge is 0.390 e. The second kappa shape index (κ2) is 87.2. The molecule has 2 rings (SSSR count). The van der Waals surface area contributed by atoms with Crippen LogP contribution >= 0.6 is 0 Å². The molecule has 30 N–H and O–H groups in total. The summed E-state index contributed by atoms with van der Waals surface area (Å²) < 4.78 is 0. The van der Waals surface area contributed by atoms with Gasteiger partial charge in [-0.3, -0.25) is 4.90 Å². The molecule has 0 aromatic heterocycles. The zero-order chi connectivity index (χ0) is 57.9. The minimum absolute atomic E-state index is 0.292. The third-order valence-electron chi connectivity index (χ3n) is 11.9. The zero-order valence-corrected chi connectivity index (χ0v) is 50.3. The highest BCUT2D eigenvalue weighted by molar-refractivity contribution is 4.78. The lowest BCUT2D eigenvalue weighted by Crippen LogP contribution is -2.37. The molecule has 464 valence electrons. The van der Waals surface area contributed by atoms with Crippen LogP contribution < -0.4 is 100 Å². The van der Waals surface area contributed by atoms with Crippen molar-refractivity contribution in [2.75, 3.05) is 164 Å². The first kappa shape index (κ1) is 85.6. The molecule has 0 aromatic carbocycles. The quantitative estimate of drug-likeness (QED) is 0.0381. The van der Waals surface area contributed by atoms with Crippen LogP contribution in [0.25, 0.3) is 0 Å². The average molecular weight is 1090 g/mol. The molecule has 1 atom stereocenters. The van der Waals surface area contributed by atoms with Crippen molar-refractivity contribution in [3.63, 3.8) is 0 Å². The number of rotatable bonds is 42. The second-order valence-corrected chi connectivity index (χ2v) is 19.2. The third-order valence-corrected chi connectivity index (χ3v) is 11.9. The minimum atomic E-state index is -0.451. The highest BCUT2D eigenvalue weighted by Crippen LogP contribution is 2.14. The summed E-state index contributed by atoms with van der Waals surface area (Å²) in [7, 11) is 0. The Morgan fingerprint density at radius 1 is 0.461 bits per heavy atom. The number of aliphatic hydroxyl groups is 1. The molecule has 20 heteroatoms. The Labute approximate surface area is 471 Å². The number of hydrogen-bond donors (Lipinski definition) is 19. The molecule has 0 saturated carbocycles. The van der Waals surface area contributed by atoms with E-state index in [0.717, 1.165) is 143 Å². The maximum atomic E-state index is 8.75. The number of hydrogen-bond acceptors (Lipinski definition) is 20. The molecular weight excluding hydrogens is 955 g/mol. The van der Waals surface area contributed by atoms with Crippen LogP contribution in [0.1, 0.15) is 155 Å². The van der Waals surface area contributed by atoms with Gasteiger partial charge in [0.25, 0.3) is 0 Å². The monoisotopic (exact) mass is 1090 g/mol. The highest BCUT2D eigenvalue weighted by Gasteiger charge is 2.11. The van der Waals surface area contributed by atoms with Crippen LogP contribution in [-0.4, -0.2) is 186 Å². The van der Waals surface area contributed by atoms with E-state index in [0.29, 0.717) is 38.8 Å². The van der Waals surface area contributed by atoms with Gasteiger partial charge in [0.05, 0.1) is 6.10 Å². The van der Waals surface area contributed by atoms with E-state index in [1.807, 2.05) is 0 Å². The molecule has 2 heterocycles. The van der Waals surface area contributed by atoms with E-state index in [4.69, 9.17) is 68.2 Å². The Morgan fingerprint density at radius 2 is 0.842 bits per heavy atom. The van der Waals surface area contributed by atoms with E-state index in [-0.39, 0.29) is 0 Å². The van der Waals surface area contributed by atoms with E-state index in [1.54, 1.807) is 6.20 Å². The van der Waals surface area contributed by atoms with Gasteiger partial charge in [-0.05, 0) is 226 Å². The maximum absolute atomic E-state index is 8.75. The highest BCUT2D eigenvalue weighted by atomic mass is 16.3. The fourth-order valence-electron chi connectivity index (χ4n) is 7.21. The summed E-state index contributed by atoms with van der Waals surface area (Å²) in [5.41, 5.74) is 58.6. The van der Waals surface area contributed by atoms with Crippen molar-refractivity contribution in [3.05, 3.63) is 25.6 Å². The molecule has 2 fully saturated rings. The molecule has 20 nitrogen and oxygen atoms in total. The van der Waals surface area contributed by atoms with E-state index >= 15 is 0 Å². The Morgan fingerprint density at radius 3 is 1.22 bits per heavy atom. The zero-order valence-electron chi connectivity index (χ0n) is 50.3. The Kier molecular flexibility index (Phi) is 98.3. The van der Waals surface area contributed by atoms with Gasteiger partial charge in [-0.1, -0.05) is 72.0 Å². The van der Waals surface area contributed by atoms with Crippen LogP contribution in [0.2, 0.25) is 0 Å². The van der Waals surface area contributed by atoms with Gasteiger partial charge in [-0.15, -0.1) is 0 Å². The molecule has 0 spiro atoms. The number of nitrogens with two attached hydrogens (primary N) is 11. The molecule has 0 aliphatic carbocycles. The van der Waals surface area contributed by atoms with E-state index in [2.05, 4.69) is 69.1 Å². The van der Waals surface area contributed by atoms with Gasteiger partial charge in [0.2, 0.25) is 0 Å². The van der Waals surface area contributed by atoms with Gasteiger partial charge in [0.1, 0.15) is 0 Å². The van der Waals surface area contributed by atoms with Crippen molar-refractivity contribution in [2.24, 2.45) is 69.0 Å². The van der Waals surface area contributed by atoms with Crippen molar-refractivity contribution < 1.29 is 5.11 Å². The van der Waals surface area contributed by atoms with Crippen molar-refractivity contribution in [1.29, 1.82) is 0 Å². The first-order valence-corrected chi connectivity index (χ1v) is 30.5. The maximum Gasteiger partial charge on any atom is 0.0834 e. The molecule has 2 aliphatic rings. The predicted molar refractivity (Wildman–Crippen MR) is 338 cm³/mol. The van der Waals surface area contributed by atoms with E-state index in [1.165, 1.54) is 141 Å². The summed E-state index contributed by atoms with van der Waals surface area (Å²) >= 11 is 0. The van der Waals surface area contributed by atoms with E-state index in [9.17, 15) is 0 Å². The SMILES string of the molecule is C=CNC1CCNCC1.C=CNCC(O)CN.CCCCCN.CCCNCCCCCN.NCCC1CCNCC1.NCCCCCCCCNCCCN.NCCCCNCCCN.NCCN(CCN)CCN. The lowest BCUT2D eigenvalue weighted by molar-refractivity contribution is 0.184. The van der Waals surface area contributed by atoms with Crippen LogP contribution in [0.5, 0.6) is 0 Å². The minimum Gasteiger partial charge on any atom is -0.390 e. The van der Waals surface area contributed by atoms with Crippen LogP contribution in [0.15, 0.2) is 25.6 Å². The first-order valence-electron chi connectivity index (χ1n) is 30.5.